The minimum Gasteiger partial charge on any atom is -0.389 e. The molecular weight excluding hydrogens is 314 g/mol. The summed E-state index contributed by atoms with van der Waals surface area (Å²) in [4.78, 5) is 0.374. The molecule has 3 N–H and O–H groups in total. The zero-order chi connectivity index (χ0) is 13.1. The molecule has 6 heteroatoms. The van der Waals surface area contributed by atoms with E-state index < -0.39 is 0 Å². The number of aryl methyl sites for hydroxylation is 1. The van der Waals surface area contributed by atoms with E-state index in [9.17, 15) is 0 Å². The van der Waals surface area contributed by atoms with Crippen LogP contribution in [0.25, 0.3) is 0 Å². The van der Waals surface area contributed by atoms with Crippen molar-refractivity contribution in [2.75, 3.05) is 5.32 Å². The number of benzene rings is 1. The van der Waals surface area contributed by atoms with E-state index in [-0.39, 0.29) is 0 Å². The summed E-state index contributed by atoms with van der Waals surface area (Å²) in [6.07, 6.45) is 0. The molecule has 0 aliphatic heterocycles. The van der Waals surface area contributed by atoms with Crippen molar-refractivity contribution in [1.82, 2.24) is 5.16 Å². The van der Waals surface area contributed by atoms with Gasteiger partial charge in [-0.05, 0) is 41.1 Å². The van der Waals surface area contributed by atoms with Crippen LogP contribution in [0.4, 0.5) is 5.69 Å². The SMILES string of the molecule is Cc1cc(CNc2ccc(C(N)=S)c(Br)c2)on1. The number of nitrogens with zero attached hydrogens (tertiary/aromatic N) is 1. The molecule has 0 aliphatic carbocycles. The monoisotopic (exact) mass is 325 g/mol. The third-order valence-corrected chi connectivity index (χ3v) is 3.25. The first-order valence-electron chi connectivity index (χ1n) is 5.31. The second-order valence-corrected chi connectivity index (χ2v) is 5.14. The fourth-order valence-electron chi connectivity index (χ4n) is 1.51. The van der Waals surface area contributed by atoms with Crippen LogP contribution in [0, 0.1) is 6.92 Å². The van der Waals surface area contributed by atoms with Crippen molar-refractivity contribution in [3.05, 3.63) is 45.8 Å². The topological polar surface area (TPSA) is 64.1 Å². The lowest BCUT2D eigenvalue weighted by Gasteiger charge is -2.07. The molecule has 0 saturated heterocycles. The highest BCUT2D eigenvalue weighted by atomic mass is 79.9. The fraction of sp³-hybridized carbons (Fsp3) is 0.167. The lowest BCUT2D eigenvalue weighted by molar-refractivity contribution is 0.384. The molecule has 0 saturated carbocycles. The van der Waals surface area contributed by atoms with Crippen molar-refractivity contribution >= 4 is 38.8 Å². The molecule has 1 aromatic carbocycles. The molecule has 1 aromatic heterocycles. The molecule has 2 rings (SSSR count). The lowest BCUT2D eigenvalue weighted by atomic mass is 10.2. The van der Waals surface area contributed by atoms with Crippen LogP contribution in [-0.4, -0.2) is 10.1 Å². The van der Waals surface area contributed by atoms with Crippen LogP contribution in [0.3, 0.4) is 0 Å². The van der Waals surface area contributed by atoms with Gasteiger partial charge in [0.25, 0.3) is 0 Å². The molecule has 0 bridgehead atoms. The van der Waals surface area contributed by atoms with E-state index in [0.29, 0.717) is 11.5 Å². The minimum atomic E-state index is 0.374. The van der Waals surface area contributed by atoms with Crippen molar-refractivity contribution in [3.8, 4) is 0 Å². The predicted octanol–water partition coefficient (Wildman–Crippen LogP) is 2.99. The number of halogens is 1. The molecule has 4 nitrogen and oxygen atoms in total. The van der Waals surface area contributed by atoms with Gasteiger partial charge in [-0.1, -0.05) is 17.4 Å². The van der Waals surface area contributed by atoms with E-state index in [1.165, 1.54) is 0 Å². The van der Waals surface area contributed by atoms with Gasteiger partial charge < -0.3 is 15.6 Å². The van der Waals surface area contributed by atoms with Gasteiger partial charge in [0.1, 0.15) is 4.99 Å². The van der Waals surface area contributed by atoms with Crippen LogP contribution in [0.1, 0.15) is 17.0 Å². The molecule has 0 amide bonds. The lowest BCUT2D eigenvalue weighted by Crippen LogP contribution is -2.10. The van der Waals surface area contributed by atoms with Crippen LogP contribution >= 0.6 is 28.1 Å². The minimum absolute atomic E-state index is 0.374. The first-order chi connectivity index (χ1) is 8.56. The van der Waals surface area contributed by atoms with Gasteiger partial charge in [0, 0.05) is 21.8 Å². The van der Waals surface area contributed by atoms with Gasteiger partial charge in [-0.2, -0.15) is 0 Å². The summed E-state index contributed by atoms with van der Waals surface area (Å²) in [5.41, 5.74) is 8.24. The van der Waals surface area contributed by atoms with Crippen molar-refractivity contribution in [2.45, 2.75) is 13.5 Å². The molecule has 0 atom stereocenters. The van der Waals surface area contributed by atoms with E-state index in [2.05, 4.69) is 26.4 Å². The van der Waals surface area contributed by atoms with Gasteiger partial charge >= 0.3 is 0 Å². The van der Waals surface area contributed by atoms with E-state index >= 15 is 0 Å². The Hall–Kier alpha value is -1.40. The number of hydrogen-bond acceptors (Lipinski definition) is 4. The normalized spacial score (nSPS) is 10.3. The van der Waals surface area contributed by atoms with Crippen LogP contribution in [0.2, 0.25) is 0 Å². The summed E-state index contributed by atoms with van der Waals surface area (Å²) < 4.78 is 5.98. The Morgan fingerprint density at radius 3 is 2.83 bits per heavy atom. The average molecular weight is 326 g/mol. The van der Waals surface area contributed by atoms with Crippen LogP contribution in [-0.2, 0) is 6.54 Å². The third kappa shape index (κ3) is 3.08. The Bertz CT molecular complexity index is 582. The maximum atomic E-state index is 5.59. The number of thiocarbonyl (C=S) groups is 1. The molecular formula is C12H12BrN3OS. The summed E-state index contributed by atoms with van der Waals surface area (Å²) in [5, 5.41) is 7.06. The summed E-state index contributed by atoms with van der Waals surface area (Å²) in [7, 11) is 0. The van der Waals surface area contributed by atoms with Crippen molar-refractivity contribution in [2.24, 2.45) is 5.73 Å². The first kappa shape index (κ1) is 13.0. The molecule has 0 fully saturated rings. The van der Waals surface area contributed by atoms with Gasteiger partial charge in [-0.3, -0.25) is 0 Å². The second-order valence-electron chi connectivity index (χ2n) is 3.85. The third-order valence-electron chi connectivity index (χ3n) is 2.38. The molecule has 0 aliphatic rings. The predicted molar refractivity (Wildman–Crippen MR) is 78.6 cm³/mol. The number of hydrogen-bond donors (Lipinski definition) is 2. The largest absolute Gasteiger partial charge is 0.389 e. The Morgan fingerprint density at radius 2 is 2.28 bits per heavy atom. The van der Waals surface area contributed by atoms with Gasteiger partial charge in [0.15, 0.2) is 5.76 Å². The number of rotatable bonds is 4. The van der Waals surface area contributed by atoms with Gasteiger partial charge in [0.05, 0.1) is 12.2 Å². The van der Waals surface area contributed by atoms with Crippen LogP contribution < -0.4 is 11.1 Å². The van der Waals surface area contributed by atoms with Gasteiger partial charge in [-0.15, -0.1) is 0 Å². The Balaban J connectivity index is 2.06. The number of anilines is 1. The Kier molecular flexibility index (Phi) is 3.98. The Labute approximate surface area is 119 Å². The van der Waals surface area contributed by atoms with Gasteiger partial charge in [-0.25, -0.2) is 0 Å². The molecule has 0 radical (unpaired) electrons. The maximum absolute atomic E-state index is 5.59. The summed E-state index contributed by atoms with van der Waals surface area (Å²) in [5.74, 6) is 0.794. The maximum Gasteiger partial charge on any atom is 0.156 e. The highest BCUT2D eigenvalue weighted by Crippen LogP contribution is 2.22. The number of nitrogens with one attached hydrogen (secondary N) is 1. The Morgan fingerprint density at radius 1 is 1.50 bits per heavy atom. The van der Waals surface area contributed by atoms with Crippen molar-refractivity contribution < 1.29 is 4.52 Å². The molecule has 1 heterocycles. The summed E-state index contributed by atoms with van der Waals surface area (Å²) >= 11 is 8.38. The smallest absolute Gasteiger partial charge is 0.156 e. The van der Waals surface area contributed by atoms with Crippen LogP contribution in [0.15, 0.2) is 33.3 Å². The second kappa shape index (κ2) is 5.49. The molecule has 2 aromatic rings. The molecule has 0 spiro atoms. The summed E-state index contributed by atoms with van der Waals surface area (Å²) in [6.45, 7) is 2.47. The fourth-order valence-corrected chi connectivity index (χ4v) is 2.42. The highest BCUT2D eigenvalue weighted by molar-refractivity contribution is 9.10. The number of nitrogens with two attached hydrogens (primary N) is 1. The quantitative estimate of drug-likeness (QED) is 0.846. The molecule has 18 heavy (non-hydrogen) atoms. The molecule has 94 valence electrons. The van der Waals surface area contributed by atoms with E-state index in [0.717, 1.165) is 27.2 Å². The van der Waals surface area contributed by atoms with Crippen molar-refractivity contribution in [3.63, 3.8) is 0 Å². The molecule has 0 unspecified atom stereocenters. The van der Waals surface area contributed by atoms with E-state index in [1.54, 1.807) is 0 Å². The standard InChI is InChI=1S/C12H12BrN3OS/c1-7-4-9(17-16-7)6-15-8-2-3-10(12(14)18)11(13)5-8/h2-5,15H,6H2,1H3,(H2,14,18). The zero-order valence-corrected chi connectivity index (χ0v) is 12.1. The van der Waals surface area contributed by atoms with Crippen molar-refractivity contribution in [1.29, 1.82) is 0 Å². The first-order valence-corrected chi connectivity index (χ1v) is 6.52. The number of aromatic nitrogens is 1. The highest BCUT2D eigenvalue weighted by Gasteiger charge is 2.05. The summed E-state index contributed by atoms with van der Waals surface area (Å²) in [6, 6.07) is 7.62. The van der Waals surface area contributed by atoms with Crippen LogP contribution in [0.5, 0.6) is 0 Å². The van der Waals surface area contributed by atoms with E-state index in [4.69, 9.17) is 22.5 Å². The van der Waals surface area contributed by atoms with Gasteiger partial charge in [0.2, 0.25) is 0 Å². The zero-order valence-electron chi connectivity index (χ0n) is 9.74. The van der Waals surface area contributed by atoms with E-state index in [1.807, 2.05) is 31.2 Å². The average Bonchev–Trinajstić information content (AvgIpc) is 2.72.